The third-order valence-electron chi connectivity index (χ3n) is 5.91. The van der Waals surface area contributed by atoms with Gasteiger partial charge in [-0.05, 0) is 53.7 Å². The number of thiocarbonyl (C=S) groups is 1. The first-order valence-electron chi connectivity index (χ1n) is 11.4. The van der Waals surface area contributed by atoms with Crippen molar-refractivity contribution < 1.29 is 9.59 Å². The Kier molecular flexibility index (Phi) is 7.65. The first-order chi connectivity index (χ1) is 16.5. The fraction of sp³-hybridized carbons (Fsp3) is 0.269. The van der Waals surface area contributed by atoms with Crippen molar-refractivity contribution in [2.45, 2.75) is 19.8 Å². The molecule has 1 fully saturated rings. The minimum atomic E-state index is -0.277. The van der Waals surface area contributed by atoms with E-state index in [9.17, 15) is 9.59 Å². The number of hydrogen-bond acceptors (Lipinski definition) is 4. The highest BCUT2D eigenvalue weighted by molar-refractivity contribution is 7.80. The molecule has 34 heavy (non-hydrogen) atoms. The zero-order chi connectivity index (χ0) is 24.1. The topological polar surface area (TPSA) is 64.7 Å². The second-order valence-electron chi connectivity index (χ2n) is 8.21. The van der Waals surface area contributed by atoms with Crippen LogP contribution < -0.4 is 15.5 Å². The number of nitrogens with one attached hydrogen (secondary N) is 2. The molecule has 0 aliphatic carbocycles. The van der Waals surface area contributed by atoms with Crippen LogP contribution in [0.2, 0.25) is 5.02 Å². The first kappa shape index (κ1) is 24.0. The summed E-state index contributed by atoms with van der Waals surface area (Å²) >= 11 is 11.7. The molecule has 0 unspecified atom stereocenters. The molecule has 4 rings (SSSR count). The molecule has 176 valence electrons. The summed E-state index contributed by atoms with van der Waals surface area (Å²) in [5, 5.41) is 8.54. The van der Waals surface area contributed by atoms with Crippen molar-refractivity contribution >= 4 is 62.9 Å². The Hall–Kier alpha value is -3.16. The van der Waals surface area contributed by atoms with Gasteiger partial charge in [-0.1, -0.05) is 54.9 Å². The summed E-state index contributed by atoms with van der Waals surface area (Å²) in [5.41, 5.74) is 2.19. The highest BCUT2D eigenvalue weighted by Gasteiger charge is 2.23. The first-order valence-corrected chi connectivity index (χ1v) is 12.2. The van der Waals surface area contributed by atoms with Gasteiger partial charge in [-0.15, -0.1) is 0 Å². The molecule has 8 heteroatoms. The number of rotatable bonds is 5. The molecule has 0 saturated carbocycles. The maximum atomic E-state index is 13.0. The van der Waals surface area contributed by atoms with Crippen LogP contribution in [-0.2, 0) is 4.79 Å². The summed E-state index contributed by atoms with van der Waals surface area (Å²) in [5.74, 6) is -0.0742. The van der Waals surface area contributed by atoms with E-state index in [-0.39, 0.29) is 16.9 Å². The smallest absolute Gasteiger partial charge is 0.258 e. The van der Waals surface area contributed by atoms with E-state index in [0.29, 0.717) is 48.9 Å². The summed E-state index contributed by atoms with van der Waals surface area (Å²) in [6.07, 6.45) is 1.44. The Bertz CT molecular complexity index is 1220. The normalized spacial score (nSPS) is 13.6. The Morgan fingerprint density at radius 1 is 1.00 bits per heavy atom. The molecule has 1 saturated heterocycles. The largest absolute Gasteiger partial charge is 0.366 e. The molecular formula is C26H27ClN4O2S. The summed E-state index contributed by atoms with van der Waals surface area (Å²) in [4.78, 5) is 29.3. The minimum absolute atomic E-state index is 0.193. The van der Waals surface area contributed by atoms with E-state index in [1.807, 2.05) is 60.4 Å². The van der Waals surface area contributed by atoms with Crippen molar-refractivity contribution in [2.24, 2.45) is 0 Å². The van der Waals surface area contributed by atoms with Gasteiger partial charge in [-0.25, -0.2) is 0 Å². The van der Waals surface area contributed by atoms with Gasteiger partial charge in [0.25, 0.3) is 5.91 Å². The fourth-order valence-electron chi connectivity index (χ4n) is 4.20. The number of benzene rings is 3. The summed E-state index contributed by atoms with van der Waals surface area (Å²) in [6.45, 7) is 4.77. The fourth-order valence-corrected chi connectivity index (χ4v) is 4.58. The Balaban J connectivity index is 1.46. The Labute approximate surface area is 209 Å². The number of fused-ring (bicyclic) bond motifs is 1. The molecule has 0 atom stereocenters. The molecular weight excluding hydrogens is 468 g/mol. The summed E-state index contributed by atoms with van der Waals surface area (Å²) < 4.78 is 0. The third-order valence-corrected chi connectivity index (χ3v) is 6.34. The van der Waals surface area contributed by atoms with Gasteiger partial charge in [0.15, 0.2) is 5.11 Å². The summed E-state index contributed by atoms with van der Waals surface area (Å²) in [7, 11) is 0. The van der Waals surface area contributed by atoms with Gasteiger partial charge in [0.1, 0.15) is 0 Å². The molecule has 1 aliphatic heterocycles. The second kappa shape index (κ2) is 10.8. The van der Waals surface area contributed by atoms with Gasteiger partial charge in [0.05, 0.1) is 11.4 Å². The lowest BCUT2D eigenvalue weighted by molar-refractivity contribution is -0.131. The molecule has 2 amide bonds. The number of anilines is 2. The predicted octanol–water partition coefficient (Wildman–Crippen LogP) is 5.07. The van der Waals surface area contributed by atoms with Crippen molar-refractivity contribution in [3.05, 3.63) is 71.2 Å². The number of hydrogen-bond donors (Lipinski definition) is 2. The van der Waals surface area contributed by atoms with Gasteiger partial charge in [0.2, 0.25) is 5.91 Å². The molecule has 0 spiro atoms. The van der Waals surface area contributed by atoms with Crippen LogP contribution in [0.25, 0.3) is 10.8 Å². The van der Waals surface area contributed by atoms with Gasteiger partial charge in [-0.2, -0.15) is 0 Å². The molecule has 0 bridgehead atoms. The third kappa shape index (κ3) is 5.48. The molecule has 6 nitrogen and oxygen atoms in total. The quantitative estimate of drug-likeness (QED) is 0.485. The average molecular weight is 495 g/mol. The molecule has 1 aliphatic rings. The number of amides is 2. The predicted molar refractivity (Wildman–Crippen MR) is 143 cm³/mol. The van der Waals surface area contributed by atoms with Gasteiger partial charge >= 0.3 is 0 Å². The number of carbonyl (C=O) groups excluding carboxylic acids is 2. The maximum Gasteiger partial charge on any atom is 0.258 e. The average Bonchev–Trinajstić information content (AvgIpc) is 2.84. The van der Waals surface area contributed by atoms with Crippen molar-refractivity contribution in [1.82, 2.24) is 10.2 Å². The SMILES string of the molecule is CCCC(=O)N1CCN(c2ccc(Cl)cc2NC(=S)NC(=O)c2cccc3ccccc23)CC1. The number of piperazine rings is 1. The Morgan fingerprint density at radius 3 is 2.50 bits per heavy atom. The van der Waals surface area contributed by atoms with Crippen molar-refractivity contribution in [2.75, 3.05) is 36.4 Å². The van der Waals surface area contributed by atoms with Crippen LogP contribution in [0.1, 0.15) is 30.1 Å². The van der Waals surface area contributed by atoms with E-state index in [0.717, 1.165) is 22.9 Å². The molecule has 3 aromatic carbocycles. The maximum absolute atomic E-state index is 13.0. The van der Waals surface area contributed by atoms with Crippen LogP contribution in [0.5, 0.6) is 0 Å². The van der Waals surface area contributed by atoms with Crippen LogP contribution in [0.4, 0.5) is 11.4 Å². The molecule has 1 heterocycles. The molecule has 0 radical (unpaired) electrons. The zero-order valence-corrected chi connectivity index (χ0v) is 20.6. The standard InChI is InChI=1S/C26H27ClN4O2S/c1-2-6-24(32)31-15-13-30(14-16-31)23-12-11-19(27)17-22(23)28-26(34)29-25(33)21-10-5-8-18-7-3-4-9-20(18)21/h3-5,7-12,17H,2,6,13-16H2,1H3,(H2,28,29,33,34). The number of carbonyl (C=O) groups is 2. The molecule has 2 N–H and O–H groups in total. The van der Waals surface area contributed by atoms with E-state index < -0.39 is 0 Å². The van der Waals surface area contributed by atoms with Crippen LogP contribution in [0, 0.1) is 0 Å². The molecule has 0 aromatic heterocycles. The lowest BCUT2D eigenvalue weighted by atomic mass is 10.0. The Morgan fingerprint density at radius 2 is 1.74 bits per heavy atom. The number of nitrogens with zero attached hydrogens (tertiary/aromatic N) is 2. The summed E-state index contributed by atoms with van der Waals surface area (Å²) in [6, 6.07) is 18.9. The van der Waals surface area contributed by atoms with E-state index in [4.69, 9.17) is 23.8 Å². The lowest BCUT2D eigenvalue weighted by Crippen LogP contribution is -2.49. The van der Waals surface area contributed by atoms with Crippen molar-refractivity contribution in [3.8, 4) is 0 Å². The monoisotopic (exact) mass is 494 g/mol. The van der Waals surface area contributed by atoms with Crippen molar-refractivity contribution in [1.29, 1.82) is 0 Å². The van der Waals surface area contributed by atoms with E-state index in [2.05, 4.69) is 15.5 Å². The van der Waals surface area contributed by atoms with E-state index >= 15 is 0 Å². The highest BCUT2D eigenvalue weighted by atomic mass is 35.5. The second-order valence-corrected chi connectivity index (χ2v) is 9.06. The van der Waals surface area contributed by atoms with Crippen LogP contribution in [0.15, 0.2) is 60.7 Å². The lowest BCUT2D eigenvalue weighted by Gasteiger charge is -2.37. The van der Waals surface area contributed by atoms with Gasteiger partial charge < -0.3 is 15.1 Å². The van der Waals surface area contributed by atoms with Gasteiger partial charge in [0, 0.05) is 43.2 Å². The van der Waals surface area contributed by atoms with E-state index in [1.54, 1.807) is 12.1 Å². The molecule has 3 aromatic rings. The number of halogens is 1. The van der Waals surface area contributed by atoms with Crippen molar-refractivity contribution in [3.63, 3.8) is 0 Å². The van der Waals surface area contributed by atoms with Crippen LogP contribution in [-0.4, -0.2) is 48.0 Å². The highest BCUT2D eigenvalue weighted by Crippen LogP contribution is 2.30. The van der Waals surface area contributed by atoms with E-state index in [1.165, 1.54) is 0 Å². The van der Waals surface area contributed by atoms with Gasteiger partial charge in [-0.3, -0.25) is 14.9 Å². The van der Waals surface area contributed by atoms with Crippen LogP contribution in [0.3, 0.4) is 0 Å². The zero-order valence-electron chi connectivity index (χ0n) is 19.0. The minimum Gasteiger partial charge on any atom is -0.366 e. The van der Waals surface area contributed by atoms with Crippen LogP contribution >= 0.6 is 23.8 Å².